The lowest BCUT2D eigenvalue weighted by molar-refractivity contribution is 0.168. The molecule has 0 amide bonds. The number of nitrogens with zero attached hydrogens (tertiary/aromatic N) is 3. The van der Waals surface area contributed by atoms with Gasteiger partial charge in [-0.2, -0.15) is 0 Å². The molecular weight excluding hydrogens is 384 g/mol. The first kappa shape index (κ1) is 20.4. The topological polar surface area (TPSA) is 166 Å². The van der Waals surface area contributed by atoms with E-state index in [9.17, 15) is 14.2 Å². The summed E-state index contributed by atoms with van der Waals surface area (Å²) in [7, 11) is -11.0. The van der Waals surface area contributed by atoms with Crippen LogP contribution in [0.3, 0.4) is 0 Å². The Labute approximate surface area is 148 Å². The standard InChI is InChI=1S/C14H17N3O7P2/c18-14(25(19,20)21,26(22,23)24)9-5-4-8-13-11-17(16-15-13)10-12-6-2-1-3-7-12/h1-9,11,18H,10H2,(H2,19,20,21)(H2,22,23,24). The van der Waals surface area contributed by atoms with Gasteiger partial charge in [-0.15, -0.1) is 5.10 Å². The molecule has 0 unspecified atom stereocenters. The van der Waals surface area contributed by atoms with Crippen LogP contribution in [0.15, 0.2) is 54.8 Å². The van der Waals surface area contributed by atoms with Gasteiger partial charge >= 0.3 is 15.2 Å². The summed E-state index contributed by atoms with van der Waals surface area (Å²) < 4.78 is 24.0. The highest BCUT2D eigenvalue weighted by Crippen LogP contribution is 2.68. The summed E-state index contributed by atoms with van der Waals surface area (Å²) in [6.07, 6.45) is 5.49. The first-order valence-electron chi connectivity index (χ1n) is 7.16. The van der Waals surface area contributed by atoms with Gasteiger partial charge in [-0.05, 0) is 17.7 Å². The SMILES string of the molecule is O=P(O)(O)C(O)(C=CC=Cc1cn(Cc2ccccc2)nn1)P(=O)(O)O. The monoisotopic (exact) mass is 401 g/mol. The van der Waals surface area contributed by atoms with Crippen LogP contribution in [0.1, 0.15) is 11.3 Å². The van der Waals surface area contributed by atoms with E-state index in [1.165, 1.54) is 12.2 Å². The van der Waals surface area contributed by atoms with Gasteiger partial charge in [0, 0.05) is 0 Å². The maximum atomic E-state index is 11.2. The van der Waals surface area contributed by atoms with E-state index in [1.807, 2.05) is 30.3 Å². The zero-order valence-electron chi connectivity index (χ0n) is 13.3. The zero-order valence-corrected chi connectivity index (χ0v) is 15.1. The minimum atomic E-state index is -5.52. The third-order valence-corrected chi connectivity index (χ3v) is 6.88. The Morgan fingerprint density at radius 1 is 1.04 bits per heavy atom. The molecular formula is C14H17N3O7P2. The van der Waals surface area contributed by atoms with Crippen molar-refractivity contribution in [2.24, 2.45) is 0 Å². The highest BCUT2D eigenvalue weighted by atomic mass is 31.2. The predicted octanol–water partition coefficient (Wildman–Crippen LogP) is 0.897. The number of hydrogen-bond acceptors (Lipinski definition) is 5. The number of benzene rings is 1. The van der Waals surface area contributed by atoms with Crippen LogP contribution in [-0.4, -0.2) is 44.8 Å². The Kier molecular flexibility index (Phi) is 6.10. The molecule has 0 saturated heterocycles. The number of hydrogen-bond donors (Lipinski definition) is 5. The maximum Gasteiger partial charge on any atom is 0.373 e. The van der Waals surface area contributed by atoms with Gasteiger partial charge in [0.15, 0.2) is 0 Å². The molecule has 26 heavy (non-hydrogen) atoms. The summed E-state index contributed by atoms with van der Waals surface area (Å²) in [4.78, 5) is 36.0. The fourth-order valence-electron chi connectivity index (χ4n) is 1.94. The molecule has 140 valence electrons. The van der Waals surface area contributed by atoms with Crippen LogP contribution in [-0.2, 0) is 15.7 Å². The summed E-state index contributed by atoms with van der Waals surface area (Å²) in [6.45, 7) is 0.494. The second kappa shape index (κ2) is 7.77. The molecule has 2 rings (SSSR count). The third kappa shape index (κ3) is 4.84. The lowest BCUT2D eigenvalue weighted by Crippen LogP contribution is -2.25. The summed E-state index contributed by atoms with van der Waals surface area (Å²) in [5.41, 5.74) is 1.42. The van der Waals surface area contributed by atoms with E-state index in [2.05, 4.69) is 10.3 Å². The van der Waals surface area contributed by atoms with Crippen molar-refractivity contribution < 1.29 is 33.8 Å². The van der Waals surface area contributed by atoms with E-state index in [0.29, 0.717) is 18.3 Å². The van der Waals surface area contributed by atoms with Crippen LogP contribution in [0.4, 0.5) is 0 Å². The zero-order chi connectivity index (χ0) is 19.4. The Balaban J connectivity index is 2.09. The second-order valence-corrected chi connectivity index (χ2v) is 9.21. The molecule has 0 spiro atoms. The van der Waals surface area contributed by atoms with Crippen molar-refractivity contribution >= 4 is 21.3 Å². The van der Waals surface area contributed by atoms with E-state index < -0.39 is 20.3 Å². The largest absolute Gasteiger partial charge is 0.373 e. The minimum absolute atomic E-state index is 0.361. The lowest BCUT2D eigenvalue weighted by Gasteiger charge is -2.25. The van der Waals surface area contributed by atoms with Gasteiger partial charge in [0.25, 0.3) is 5.08 Å². The Morgan fingerprint density at radius 3 is 2.23 bits per heavy atom. The van der Waals surface area contributed by atoms with Crippen LogP contribution in [0, 0.1) is 0 Å². The molecule has 0 atom stereocenters. The van der Waals surface area contributed by atoms with Gasteiger partial charge in [-0.1, -0.05) is 47.7 Å². The number of rotatable bonds is 7. The van der Waals surface area contributed by atoms with E-state index in [4.69, 9.17) is 19.6 Å². The van der Waals surface area contributed by atoms with Crippen molar-refractivity contribution in [2.45, 2.75) is 11.6 Å². The molecule has 12 heteroatoms. The van der Waals surface area contributed by atoms with Gasteiger partial charge in [0.2, 0.25) is 0 Å². The number of aliphatic hydroxyl groups is 1. The van der Waals surface area contributed by atoms with Gasteiger partial charge < -0.3 is 24.7 Å². The number of aromatic nitrogens is 3. The average Bonchev–Trinajstić information content (AvgIpc) is 2.97. The maximum absolute atomic E-state index is 11.2. The molecule has 1 aromatic carbocycles. The predicted molar refractivity (Wildman–Crippen MR) is 92.8 cm³/mol. The van der Waals surface area contributed by atoms with Crippen molar-refractivity contribution in [1.82, 2.24) is 15.0 Å². The lowest BCUT2D eigenvalue weighted by atomic mass is 10.2. The molecule has 10 nitrogen and oxygen atoms in total. The van der Waals surface area contributed by atoms with E-state index >= 15 is 0 Å². The molecule has 0 fully saturated rings. The molecule has 0 aliphatic rings. The van der Waals surface area contributed by atoms with Crippen molar-refractivity contribution in [3.63, 3.8) is 0 Å². The summed E-state index contributed by atoms with van der Waals surface area (Å²) >= 11 is 0. The molecule has 0 aliphatic carbocycles. The Morgan fingerprint density at radius 2 is 1.65 bits per heavy atom. The quantitative estimate of drug-likeness (QED) is 0.334. The van der Waals surface area contributed by atoms with Crippen LogP contribution < -0.4 is 0 Å². The second-order valence-electron chi connectivity index (χ2n) is 5.32. The average molecular weight is 401 g/mol. The van der Waals surface area contributed by atoms with Crippen molar-refractivity contribution in [3.8, 4) is 0 Å². The molecule has 1 heterocycles. The van der Waals surface area contributed by atoms with Crippen LogP contribution >= 0.6 is 15.2 Å². The first-order chi connectivity index (χ1) is 12.0. The Bertz CT molecular complexity index is 876. The van der Waals surface area contributed by atoms with Gasteiger partial charge in [0.1, 0.15) is 5.69 Å². The molecule has 1 aromatic heterocycles. The molecule has 5 N–H and O–H groups in total. The summed E-state index contributed by atoms with van der Waals surface area (Å²) in [6, 6.07) is 9.51. The fourth-order valence-corrected chi connectivity index (χ4v) is 3.86. The molecule has 0 bridgehead atoms. The smallest absolute Gasteiger partial charge is 0.364 e. The molecule has 0 radical (unpaired) electrons. The minimum Gasteiger partial charge on any atom is -0.364 e. The van der Waals surface area contributed by atoms with Gasteiger partial charge in [-0.25, -0.2) is 4.68 Å². The fraction of sp³-hybridized carbons (Fsp3) is 0.143. The molecule has 0 saturated carbocycles. The van der Waals surface area contributed by atoms with Gasteiger partial charge in [-0.3, -0.25) is 9.13 Å². The highest BCUT2D eigenvalue weighted by Gasteiger charge is 2.57. The van der Waals surface area contributed by atoms with Crippen LogP contribution in [0.2, 0.25) is 0 Å². The van der Waals surface area contributed by atoms with E-state index in [1.54, 1.807) is 10.9 Å². The third-order valence-electron chi connectivity index (χ3n) is 3.30. The molecule has 2 aromatic rings. The number of allylic oxidation sites excluding steroid dienone is 2. The summed E-state index contributed by atoms with van der Waals surface area (Å²) in [5.74, 6) is 0. The van der Waals surface area contributed by atoms with Gasteiger partial charge in [0.05, 0.1) is 12.7 Å². The van der Waals surface area contributed by atoms with Crippen LogP contribution in [0.5, 0.6) is 0 Å². The van der Waals surface area contributed by atoms with Crippen LogP contribution in [0.25, 0.3) is 6.08 Å². The van der Waals surface area contributed by atoms with E-state index in [0.717, 1.165) is 11.6 Å². The summed E-state index contributed by atoms with van der Waals surface area (Å²) in [5, 5.41) is 13.9. The normalized spacial score (nSPS) is 13.7. The van der Waals surface area contributed by atoms with E-state index in [-0.39, 0.29) is 0 Å². The van der Waals surface area contributed by atoms with Crippen molar-refractivity contribution in [2.75, 3.05) is 0 Å². The first-order valence-corrected chi connectivity index (χ1v) is 10.4. The highest BCUT2D eigenvalue weighted by molar-refractivity contribution is 7.72. The Hall–Kier alpha value is -1.90. The van der Waals surface area contributed by atoms with Crippen molar-refractivity contribution in [3.05, 3.63) is 66.0 Å². The molecule has 0 aliphatic heterocycles. The van der Waals surface area contributed by atoms with Crippen molar-refractivity contribution in [1.29, 1.82) is 0 Å².